The van der Waals surface area contributed by atoms with Gasteiger partial charge in [0.1, 0.15) is 34.6 Å². The molecule has 20 aliphatic rings. The van der Waals surface area contributed by atoms with Crippen molar-refractivity contribution < 1.29 is 91.6 Å². The standard InChI is InChI=1S/C19H32O2.C16H26O4.C16H26O2.C15H24O3.C13H18O4.C9H14O4/c1-6-17(2,3)16(20)21-18(4,5)19-10-13-7-14(11-19)9-15(8-13)12-19;1-4-13(2,3)12(17)20-16-7-11-5-14(18,9-16)8-15(19,6-11)10-16;1-4-10(2)15(17)18-16(3)13-6-11-5-12(8-13)9-14(16)7-11;1-3-10(2)13(16)18-15-7-11-4-12(8-15)6-14(17,5-11)9-15;1-3-6(2)12(14)16-10-7-4-8-9(5-7)13(15)17-11(8)10;1-3-6(2)8(10)13-7-4-5-12-9(7)11/h13-15H,6-12H2,1-5H3;11,18-19H,4-10H2,1-3H3;10-14H,4-9H2,1-3H3;10-12,17H,3-9H2,1-2H3;6-11H,3-5H2,1-2H3;6-7H,3-5H2,1-2H3. The second kappa shape index (κ2) is 31.5. The second-order valence-corrected chi connectivity index (χ2v) is 40.7. The third-order valence-electron chi connectivity index (χ3n) is 31.0. The number of aliphatic hydroxyl groups is 3. The predicted molar refractivity (Wildman–Crippen MR) is 402 cm³/mol. The number of hydrogen-bond acceptors (Lipinski definition) is 19. The first-order chi connectivity index (χ1) is 50.0. The van der Waals surface area contributed by atoms with Crippen molar-refractivity contribution in [1.82, 2.24) is 0 Å². The Bertz CT molecular complexity index is 3140. The van der Waals surface area contributed by atoms with E-state index in [1.165, 1.54) is 77.0 Å². The van der Waals surface area contributed by atoms with Crippen LogP contribution in [-0.4, -0.2) is 127 Å². The molecule has 20 fully saturated rings. The number of rotatable bonds is 19. The van der Waals surface area contributed by atoms with Gasteiger partial charge in [-0.1, -0.05) is 69.2 Å². The quantitative estimate of drug-likeness (QED) is 0.0801. The molecule has 2 saturated heterocycles. The van der Waals surface area contributed by atoms with Gasteiger partial charge in [0, 0.05) is 49.4 Å². The summed E-state index contributed by atoms with van der Waals surface area (Å²) in [7, 11) is 0. The van der Waals surface area contributed by atoms with Crippen LogP contribution in [0.25, 0.3) is 0 Å². The maximum Gasteiger partial charge on any atom is 0.347 e. The molecule has 14 unspecified atom stereocenters. The molecule has 18 saturated carbocycles. The van der Waals surface area contributed by atoms with Crippen molar-refractivity contribution in [3.05, 3.63) is 0 Å². The monoisotopic (exact) mass is 1500 g/mol. The van der Waals surface area contributed by atoms with E-state index in [4.69, 9.17) is 33.2 Å². The Morgan fingerprint density at radius 1 is 0.467 bits per heavy atom. The predicted octanol–water partition coefficient (Wildman–Crippen LogP) is 16.0. The number of carbonyl (C=O) groups excluding carboxylic acids is 8. The molecule has 0 aromatic carbocycles. The third-order valence-corrected chi connectivity index (χ3v) is 31.0. The minimum Gasteiger partial charge on any atom is -0.463 e. The second-order valence-electron chi connectivity index (χ2n) is 40.7. The Balaban J connectivity index is 0.000000129. The Hall–Kier alpha value is -4.36. The lowest BCUT2D eigenvalue weighted by Gasteiger charge is -2.62. The molecule has 18 bridgehead atoms. The zero-order chi connectivity index (χ0) is 78.2. The van der Waals surface area contributed by atoms with Gasteiger partial charge < -0.3 is 53.2 Å². The number of hydrogen-bond donors (Lipinski definition) is 3. The number of fused-ring (bicyclic) bond motifs is 1. The molecule has 18 aliphatic carbocycles. The van der Waals surface area contributed by atoms with Gasteiger partial charge in [0.15, 0.2) is 0 Å². The third kappa shape index (κ3) is 17.7. The molecule has 0 radical (unpaired) electrons. The fourth-order valence-electron chi connectivity index (χ4n) is 24.3. The summed E-state index contributed by atoms with van der Waals surface area (Å²) in [6.45, 7) is 34.3. The minimum atomic E-state index is -0.842. The average Bonchev–Trinajstić information content (AvgIpc) is 1.56. The van der Waals surface area contributed by atoms with Gasteiger partial charge in [-0.2, -0.15) is 0 Å². The van der Waals surface area contributed by atoms with E-state index >= 15 is 0 Å². The van der Waals surface area contributed by atoms with Crippen LogP contribution in [-0.2, 0) is 76.3 Å². The van der Waals surface area contributed by atoms with Crippen LogP contribution in [0.1, 0.15) is 323 Å². The highest BCUT2D eigenvalue weighted by Crippen LogP contribution is 2.66. The van der Waals surface area contributed by atoms with E-state index in [-0.39, 0.29) is 117 Å². The number of ether oxygens (including phenoxy) is 8. The highest BCUT2D eigenvalue weighted by Gasteiger charge is 2.67. The number of esters is 8. The molecular weight excluding hydrogens is 1360 g/mol. The van der Waals surface area contributed by atoms with Crippen molar-refractivity contribution in [2.24, 2.45) is 117 Å². The Labute approximate surface area is 640 Å². The van der Waals surface area contributed by atoms with Crippen LogP contribution in [0.3, 0.4) is 0 Å². The molecule has 0 spiro atoms. The van der Waals surface area contributed by atoms with Gasteiger partial charge in [-0.05, 0) is 281 Å². The van der Waals surface area contributed by atoms with Gasteiger partial charge in [-0.3, -0.25) is 33.6 Å². The minimum absolute atomic E-state index is 0.00857. The van der Waals surface area contributed by atoms with Gasteiger partial charge in [-0.15, -0.1) is 0 Å². The Kier molecular flexibility index (Phi) is 24.6. The summed E-state index contributed by atoms with van der Waals surface area (Å²) in [6, 6.07) is 0. The van der Waals surface area contributed by atoms with Crippen LogP contribution >= 0.6 is 0 Å². The van der Waals surface area contributed by atoms with E-state index in [9.17, 15) is 53.7 Å². The fraction of sp³-hybridized carbons (Fsp3) is 0.909. The highest BCUT2D eigenvalue weighted by molar-refractivity contribution is 5.81. The summed E-state index contributed by atoms with van der Waals surface area (Å²) in [6.07, 6.45) is 30.3. The van der Waals surface area contributed by atoms with Gasteiger partial charge >= 0.3 is 47.8 Å². The van der Waals surface area contributed by atoms with Crippen LogP contribution in [0.4, 0.5) is 0 Å². The number of cyclic esters (lactones) is 1. The maximum absolute atomic E-state index is 12.6. The lowest BCUT2D eigenvalue weighted by molar-refractivity contribution is -0.264. The highest BCUT2D eigenvalue weighted by atomic mass is 16.6. The lowest BCUT2D eigenvalue weighted by Crippen LogP contribution is -2.67. The van der Waals surface area contributed by atoms with Gasteiger partial charge in [0.25, 0.3) is 0 Å². The molecule has 19 heteroatoms. The largest absolute Gasteiger partial charge is 0.463 e. The van der Waals surface area contributed by atoms with Crippen LogP contribution in [0.5, 0.6) is 0 Å². The molecule has 20 rings (SSSR count). The number of carbonyl (C=O) groups is 8. The topological polar surface area (TPSA) is 271 Å². The molecular formula is C88H140O19. The van der Waals surface area contributed by atoms with Crippen LogP contribution in [0, 0.1) is 117 Å². The smallest absolute Gasteiger partial charge is 0.347 e. The normalized spacial score (nSPS) is 41.9. The molecule has 14 atom stereocenters. The molecule has 3 N–H and O–H groups in total. The zero-order valence-corrected chi connectivity index (χ0v) is 68.8. The Morgan fingerprint density at radius 2 is 0.907 bits per heavy atom. The molecule has 0 aromatic rings. The van der Waals surface area contributed by atoms with Crippen LogP contribution < -0.4 is 0 Å². The van der Waals surface area contributed by atoms with Crippen molar-refractivity contribution in [2.75, 3.05) is 6.61 Å². The fourth-order valence-corrected chi connectivity index (χ4v) is 24.3. The van der Waals surface area contributed by atoms with Crippen LogP contribution in [0.2, 0.25) is 0 Å². The van der Waals surface area contributed by atoms with Crippen molar-refractivity contribution in [3.63, 3.8) is 0 Å². The van der Waals surface area contributed by atoms with Crippen molar-refractivity contribution in [2.45, 2.75) is 381 Å². The molecule has 107 heavy (non-hydrogen) atoms. The summed E-state index contributed by atoms with van der Waals surface area (Å²) in [5.74, 6) is 6.61. The van der Waals surface area contributed by atoms with E-state index in [0.29, 0.717) is 74.2 Å². The molecule has 0 amide bonds. The van der Waals surface area contributed by atoms with E-state index in [1.54, 1.807) is 6.92 Å². The Morgan fingerprint density at radius 3 is 1.37 bits per heavy atom. The zero-order valence-electron chi connectivity index (χ0n) is 68.8. The molecule has 606 valence electrons. The summed E-state index contributed by atoms with van der Waals surface area (Å²) in [5.41, 5.74) is -4.28. The van der Waals surface area contributed by atoms with Crippen molar-refractivity contribution >= 4 is 47.8 Å². The van der Waals surface area contributed by atoms with Gasteiger partial charge in [-0.25, -0.2) is 4.79 Å². The first kappa shape index (κ1) is 83.6. The van der Waals surface area contributed by atoms with E-state index in [1.807, 2.05) is 76.2 Å². The summed E-state index contributed by atoms with van der Waals surface area (Å²) < 4.78 is 44.5. The SMILES string of the molecule is CCC(C)(C)C(=O)OC(C)(C)C12CC3CC(CC(C3)C1)C2.CCC(C)(C)C(=O)OC12CC3CC(O)(CC(O)(C3)C1)C2.CCC(C)C(=O)OC1(C)C2CC3CC(C2)CC1C3.CCC(C)C(=O)OC12CC3CC(CC(O)(C3)C1)C2.CCC(C)C(=O)OC1C2CC3C(=O)OC1C3C2.CCC(C)C(=O)OC1CCOC1=O. The van der Waals surface area contributed by atoms with E-state index < -0.39 is 39.9 Å². The lowest BCUT2D eigenvalue weighted by atomic mass is 9.46. The molecule has 19 nitrogen and oxygen atoms in total. The van der Waals surface area contributed by atoms with E-state index in [2.05, 4.69) is 39.4 Å². The molecule has 0 aromatic heterocycles. The molecule has 2 heterocycles. The average molecular weight is 1500 g/mol. The van der Waals surface area contributed by atoms with Crippen LogP contribution in [0.15, 0.2) is 0 Å². The summed E-state index contributed by atoms with van der Waals surface area (Å²) in [4.78, 5) is 94.7. The van der Waals surface area contributed by atoms with Crippen molar-refractivity contribution in [1.29, 1.82) is 0 Å². The van der Waals surface area contributed by atoms with Crippen molar-refractivity contribution in [3.8, 4) is 0 Å². The molecule has 2 aliphatic heterocycles. The summed E-state index contributed by atoms with van der Waals surface area (Å²) in [5, 5.41) is 31.9. The van der Waals surface area contributed by atoms with Gasteiger partial charge in [0.05, 0.1) is 63.8 Å². The maximum atomic E-state index is 12.6. The van der Waals surface area contributed by atoms with E-state index in [0.717, 1.165) is 126 Å². The van der Waals surface area contributed by atoms with Gasteiger partial charge in [0.2, 0.25) is 6.10 Å². The first-order valence-electron chi connectivity index (χ1n) is 42.9. The summed E-state index contributed by atoms with van der Waals surface area (Å²) >= 11 is 0. The first-order valence-corrected chi connectivity index (χ1v) is 42.9.